The molecule has 1 aromatic heterocycles. The van der Waals surface area contributed by atoms with Crippen molar-refractivity contribution in [3.8, 4) is 0 Å². The van der Waals surface area contributed by atoms with Crippen LogP contribution in [0.3, 0.4) is 0 Å². The summed E-state index contributed by atoms with van der Waals surface area (Å²) in [5, 5.41) is 1.76. The van der Waals surface area contributed by atoms with Gasteiger partial charge in [-0.1, -0.05) is 6.07 Å². The average molecular weight is 295 g/mol. The lowest BCUT2D eigenvalue weighted by Crippen LogP contribution is -2.13. The van der Waals surface area contributed by atoms with Gasteiger partial charge in [-0.3, -0.25) is 4.72 Å². The molecular formula is C14H17NO2S2. The molecule has 0 aliphatic heterocycles. The van der Waals surface area contributed by atoms with Crippen molar-refractivity contribution in [2.24, 2.45) is 0 Å². The van der Waals surface area contributed by atoms with E-state index in [-0.39, 0.29) is 0 Å². The van der Waals surface area contributed by atoms with Crippen molar-refractivity contribution >= 4 is 27.0 Å². The Bertz CT molecular complexity index is 702. The number of hydrogen-bond acceptors (Lipinski definition) is 3. The molecule has 1 N–H and O–H groups in total. The fraction of sp³-hybridized carbons (Fsp3) is 0.286. The van der Waals surface area contributed by atoms with Gasteiger partial charge in [0.15, 0.2) is 0 Å². The third-order valence-electron chi connectivity index (χ3n) is 3.49. The van der Waals surface area contributed by atoms with Crippen LogP contribution in [0.2, 0.25) is 0 Å². The highest BCUT2D eigenvalue weighted by Gasteiger charge is 2.17. The summed E-state index contributed by atoms with van der Waals surface area (Å²) >= 11 is 1.22. The molecule has 0 bridgehead atoms. The summed E-state index contributed by atoms with van der Waals surface area (Å²) in [5.74, 6) is 0. The first-order valence-electron chi connectivity index (χ1n) is 5.96. The molecule has 0 unspecified atom stereocenters. The Morgan fingerprint density at radius 3 is 2.32 bits per heavy atom. The van der Waals surface area contributed by atoms with Gasteiger partial charge in [0, 0.05) is 0 Å². The maximum absolute atomic E-state index is 12.2. The highest BCUT2D eigenvalue weighted by Crippen LogP contribution is 2.28. The monoisotopic (exact) mass is 295 g/mol. The van der Waals surface area contributed by atoms with Crippen molar-refractivity contribution in [2.45, 2.75) is 31.9 Å². The van der Waals surface area contributed by atoms with Crippen LogP contribution in [0.15, 0.2) is 27.8 Å². The predicted octanol–water partition coefficient (Wildman–Crippen LogP) is 3.78. The van der Waals surface area contributed by atoms with E-state index >= 15 is 0 Å². The first kappa shape index (κ1) is 14.1. The zero-order valence-electron chi connectivity index (χ0n) is 11.4. The maximum Gasteiger partial charge on any atom is 0.271 e. The third-order valence-corrected chi connectivity index (χ3v) is 6.25. The van der Waals surface area contributed by atoms with Crippen LogP contribution in [0.5, 0.6) is 0 Å². The molecule has 2 aromatic rings. The number of benzene rings is 1. The molecular weight excluding hydrogens is 278 g/mol. The van der Waals surface area contributed by atoms with E-state index in [2.05, 4.69) is 11.6 Å². The van der Waals surface area contributed by atoms with Crippen molar-refractivity contribution in [2.75, 3.05) is 4.72 Å². The summed E-state index contributed by atoms with van der Waals surface area (Å²) in [6.45, 7) is 7.99. The van der Waals surface area contributed by atoms with Crippen LogP contribution < -0.4 is 4.72 Å². The van der Waals surface area contributed by atoms with Crippen LogP contribution in [0.4, 0.5) is 5.69 Å². The number of thiophene rings is 1. The maximum atomic E-state index is 12.2. The second-order valence-electron chi connectivity index (χ2n) is 4.65. The van der Waals surface area contributed by atoms with Gasteiger partial charge < -0.3 is 0 Å². The van der Waals surface area contributed by atoms with Gasteiger partial charge >= 0.3 is 0 Å². The van der Waals surface area contributed by atoms with Crippen molar-refractivity contribution in [1.82, 2.24) is 0 Å². The molecule has 0 fully saturated rings. The molecule has 0 radical (unpaired) electrons. The van der Waals surface area contributed by atoms with Crippen molar-refractivity contribution < 1.29 is 8.42 Å². The highest BCUT2D eigenvalue weighted by molar-refractivity contribution is 7.94. The minimum absolute atomic E-state index is 0.336. The summed E-state index contributed by atoms with van der Waals surface area (Å²) < 4.78 is 27.5. The van der Waals surface area contributed by atoms with Gasteiger partial charge in [-0.05, 0) is 67.5 Å². The highest BCUT2D eigenvalue weighted by atomic mass is 32.2. The molecule has 19 heavy (non-hydrogen) atoms. The van der Waals surface area contributed by atoms with E-state index in [1.807, 2.05) is 26.8 Å². The molecule has 0 atom stereocenters. The Balaban J connectivity index is 2.46. The van der Waals surface area contributed by atoms with Crippen LogP contribution in [0, 0.1) is 27.7 Å². The summed E-state index contributed by atoms with van der Waals surface area (Å²) in [6.07, 6.45) is 0. The lowest BCUT2D eigenvalue weighted by molar-refractivity contribution is 0.603. The van der Waals surface area contributed by atoms with Crippen LogP contribution in [-0.2, 0) is 10.0 Å². The van der Waals surface area contributed by atoms with E-state index in [4.69, 9.17) is 0 Å². The molecule has 3 nitrogen and oxygen atoms in total. The first-order chi connectivity index (χ1) is 8.83. The second-order valence-corrected chi connectivity index (χ2v) is 7.51. The molecule has 0 aliphatic rings. The van der Waals surface area contributed by atoms with Crippen LogP contribution in [-0.4, -0.2) is 8.42 Å². The summed E-state index contributed by atoms with van der Waals surface area (Å²) in [7, 11) is -3.47. The molecule has 102 valence electrons. The molecule has 1 heterocycles. The number of nitrogens with one attached hydrogen (secondary N) is 1. The SMILES string of the molecule is Cc1cc(NS(=O)(=O)c2cccs2)c(C)c(C)c1C. The van der Waals surface area contributed by atoms with Gasteiger partial charge in [-0.25, -0.2) is 8.42 Å². The van der Waals surface area contributed by atoms with Crippen LogP contribution in [0.25, 0.3) is 0 Å². The number of rotatable bonds is 3. The molecule has 0 spiro atoms. The van der Waals surface area contributed by atoms with Crippen molar-refractivity contribution in [3.05, 3.63) is 45.8 Å². The minimum atomic E-state index is -3.47. The number of aryl methyl sites for hydroxylation is 1. The van der Waals surface area contributed by atoms with Crippen molar-refractivity contribution in [3.63, 3.8) is 0 Å². The Labute approximate surface area is 118 Å². The van der Waals surface area contributed by atoms with Gasteiger partial charge in [0.2, 0.25) is 0 Å². The number of sulfonamides is 1. The van der Waals surface area contributed by atoms with E-state index in [0.29, 0.717) is 9.90 Å². The molecule has 0 saturated heterocycles. The van der Waals surface area contributed by atoms with Crippen LogP contribution >= 0.6 is 11.3 Å². The van der Waals surface area contributed by atoms with Gasteiger partial charge in [-0.2, -0.15) is 0 Å². The standard InChI is InChI=1S/C14H17NO2S2/c1-9-8-13(12(4)11(3)10(9)2)15-19(16,17)14-6-5-7-18-14/h5-8,15H,1-4H3. The summed E-state index contributed by atoms with van der Waals surface area (Å²) in [5.41, 5.74) is 5.06. The van der Waals surface area contributed by atoms with Gasteiger partial charge in [0.25, 0.3) is 10.0 Å². The Hall–Kier alpha value is -1.33. The second kappa shape index (κ2) is 4.98. The van der Waals surface area contributed by atoms with E-state index in [9.17, 15) is 8.42 Å². The molecule has 0 aliphatic carbocycles. The average Bonchev–Trinajstić information content (AvgIpc) is 2.87. The third kappa shape index (κ3) is 2.67. The molecule has 0 saturated carbocycles. The van der Waals surface area contributed by atoms with E-state index in [0.717, 1.165) is 16.7 Å². The molecule has 5 heteroatoms. The van der Waals surface area contributed by atoms with E-state index in [1.54, 1.807) is 17.5 Å². The first-order valence-corrected chi connectivity index (χ1v) is 8.33. The van der Waals surface area contributed by atoms with Crippen molar-refractivity contribution in [1.29, 1.82) is 0 Å². The van der Waals surface area contributed by atoms with Gasteiger partial charge in [-0.15, -0.1) is 11.3 Å². The van der Waals surface area contributed by atoms with E-state index in [1.165, 1.54) is 16.9 Å². The number of hydrogen-bond donors (Lipinski definition) is 1. The molecule has 1 aromatic carbocycles. The topological polar surface area (TPSA) is 46.2 Å². The minimum Gasteiger partial charge on any atom is -0.279 e. The normalized spacial score (nSPS) is 11.6. The lowest BCUT2D eigenvalue weighted by Gasteiger charge is -2.15. The van der Waals surface area contributed by atoms with Gasteiger partial charge in [0.05, 0.1) is 5.69 Å². The largest absolute Gasteiger partial charge is 0.279 e. The number of anilines is 1. The summed E-state index contributed by atoms with van der Waals surface area (Å²) in [6, 6.07) is 5.23. The Kier molecular flexibility index (Phi) is 3.69. The fourth-order valence-electron chi connectivity index (χ4n) is 1.93. The fourth-order valence-corrected chi connectivity index (χ4v) is 4.04. The molecule has 2 rings (SSSR count). The summed E-state index contributed by atoms with van der Waals surface area (Å²) in [4.78, 5) is 0. The molecule has 0 amide bonds. The van der Waals surface area contributed by atoms with Crippen LogP contribution in [0.1, 0.15) is 22.3 Å². The predicted molar refractivity (Wildman–Crippen MR) is 80.5 cm³/mol. The quantitative estimate of drug-likeness (QED) is 0.936. The zero-order chi connectivity index (χ0) is 14.2. The van der Waals surface area contributed by atoms with Gasteiger partial charge in [0.1, 0.15) is 4.21 Å². The Morgan fingerprint density at radius 1 is 1.05 bits per heavy atom. The Morgan fingerprint density at radius 2 is 1.74 bits per heavy atom. The van der Waals surface area contributed by atoms with E-state index < -0.39 is 10.0 Å². The lowest BCUT2D eigenvalue weighted by atomic mass is 9.98. The smallest absolute Gasteiger partial charge is 0.271 e. The zero-order valence-corrected chi connectivity index (χ0v) is 13.1.